The number of nitrogens with one attached hydrogen (secondary N) is 1. The molecule has 2 unspecified atom stereocenters. The Morgan fingerprint density at radius 3 is 2.59 bits per heavy atom. The standard InChI is InChI=1S/C22H34N2O2S/c1-5-8-18(9-6-2)14-15-24-16-19-10-12-20(13-11-19)26-17(4)27-21(7-3)22(23)25/h5,7,10-13,17-18,24H,1,6,8-9,14-16H2,2-4H3,(H2,23,25)/b21-7-. The number of hydrogen-bond acceptors (Lipinski definition) is 4. The van der Waals surface area contributed by atoms with Crippen LogP contribution >= 0.6 is 11.8 Å². The van der Waals surface area contributed by atoms with Crippen molar-refractivity contribution in [3.8, 4) is 5.75 Å². The van der Waals surface area contributed by atoms with E-state index in [2.05, 4.69) is 31.0 Å². The lowest BCUT2D eigenvalue weighted by molar-refractivity contribution is -0.113. The first-order valence-electron chi connectivity index (χ1n) is 9.70. The lowest BCUT2D eigenvalue weighted by Gasteiger charge is -2.16. The average molecular weight is 391 g/mol. The van der Waals surface area contributed by atoms with Gasteiger partial charge in [0.15, 0.2) is 0 Å². The molecule has 2 atom stereocenters. The van der Waals surface area contributed by atoms with Gasteiger partial charge in [-0.3, -0.25) is 4.79 Å². The lowest BCUT2D eigenvalue weighted by atomic mass is 9.96. The van der Waals surface area contributed by atoms with Crippen LogP contribution < -0.4 is 15.8 Å². The summed E-state index contributed by atoms with van der Waals surface area (Å²) < 4.78 is 5.85. The molecule has 3 N–H and O–H groups in total. The Hall–Kier alpha value is -1.72. The van der Waals surface area contributed by atoms with Crippen LogP contribution in [0.1, 0.15) is 52.0 Å². The van der Waals surface area contributed by atoms with E-state index in [1.165, 1.54) is 36.6 Å². The van der Waals surface area contributed by atoms with Gasteiger partial charge in [-0.15, -0.1) is 6.58 Å². The maximum absolute atomic E-state index is 11.3. The first-order chi connectivity index (χ1) is 13.0. The fraction of sp³-hybridized carbons (Fsp3) is 0.500. The third-order valence-electron chi connectivity index (χ3n) is 4.28. The fourth-order valence-electron chi connectivity index (χ4n) is 2.91. The van der Waals surface area contributed by atoms with Crippen molar-refractivity contribution in [3.63, 3.8) is 0 Å². The zero-order chi connectivity index (χ0) is 20.1. The second-order valence-corrected chi connectivity index (χ2v) is 7.95. The molecule has 0 radical (unpaired) electrons. The van der Waals surface area contributed by atoms with E-state index in [9.17, 15) is 4.79 Å². The smallest absolute Gasteiger partial charge is 0.254 e. The predicted octanol–water partition coefficient (Wildman–Crippen LogP) is 5.01. The van der Waals surface area contributed by atoms with Gasteiger partial charge in [-0.2, -0.15) is 0 Å². The monoisotopic (exact) mass is 390 g/mol. The van der Waals surface area contributed by atoms with Crippen LogP contribution in [0.3, 0.4) is 0 Å². The van der Waals surface area contributed by atoms with Gasteiger partial charge in [-0.1, -0.05) is 55.8 Å². The molecular formula is C22H34N2O2S. The number of ether oxygens (including phenoxy) is 1. The normalized spacial score (nSPS) is 13.8. The molecule has 0 bridgehead atoms. The summed E-state index contributed by atoms with van der Waals surface area (Å²) in [6.07, 6.45) is 8.51. The molecule has 1 aromatic carbocycles. The molecule has 27 heavy (non-hydrogen) atoms. The molecule has 0 heterocycles. The molecular weight excluding hydrogens is 356 g/mol. The highest BCUT2D eigenvalue weighted by Gasteiger charge is 2.12. The molecule has 0 aliphatic rings. The van der Waals surface area contributed by atoms with Crippen molar-refractivity contribution in [2.24, 2.45) is 11.7 Å². The van der Waals surface area contributed by atoms with Crippen LogP contribution in [-0.2, 0) is 11.3 Å². The van der Waals surface area contributed by atoms with Crippen LogP contribution in [-0.4, -0.2) is 17.9 Å². The Kier molecular flexibility index (Phi) is 11.6. The van der Waals surface area contributed by atoms with E-state index in [0.29, 0.717) is 4.91 Å². The van der Waals surface area contributed by atoms with Gasteiger partial charge in [0.05, 0.1) is 4.91 Å². The average Bonchev–Trinajstić information content (AvgIpc) is 2.64. The Balaban J connectivity index is 2.38. The van der Waals surface area contributed by atoms with Gasteiger partial charge >= 0.3 is 0 Å². The number of rotatable bonds is 14. The van der Waals surface area contributed by atoms with Gasteiger partial charge < -0.3 is 15.8 Å². The number of nitrogens with two attached hydrogens (primary N) is 1. The Morgan fingerprint density at radius 2 is 2.04 bits per heavy atom. The second kappa shape index (κ2) is 13.4. The lowest BCUT2D eigenvalue weighted by Crippen LogP contribution is -2.18. The van der Waals surface area contributed by atoms with Crippen LogP contribution in [0.25, 0.3) is 0 Å². The number of carbonyl (C=O) groups excluding carboxylic acids is 1. The number of allylic oxidation sites excluding steroid dienone is 2. The summed E-state index contributed by atoms with van der Waals surface area (Å²) >= 11 is 1.32. The molecule has 5 heteroatoms. The summed E-state index contributed by atoms with van der Waals surface area (Å²) in [6, 6.07) is 8.06. The quantitative estimate of drug-likeness (QED) is 0.203. The third kappa shape index (κ3) is 9.68. The van der Waals surface area contributed by atoms with Gasteiger partial charge in [-0.25, -0.2) is 0 Å². The molecule has 0 saturated heterocycles. The van der Waals surface area contributed by atoms with E-state index < -0.39 is 5.91 Å². The van der Waals surface area contributed by atoms with Gasteiger partial charge in [0.25, 0.3) is 5.91 Å². The zero-order valence-corrected chi connectivity index (χ0v) is 17.7. The third-order valence-corrected chi connectivity index (χ3v) is 5.40. The molecule has 1 rings (SSSR count). The first kappa shape index (κ1) is 23.3. The van der Waals surface area contributed by atoms with E-state index >= 15 is 0 Å². The van der Waals surface area contributed by atoms with Gasteiger partial charge in [0.1, 0.15) is 11.2 Å². The number of benzene rings is 1. The summed E-state index contributed by atoms with van der Waals surface area (Å²) in [5.74, 6) is 1.10. The van der Waals surface area contributed by atoms with E-state index in [-0.39, 0.29) is 5.44 Å². The molecule has 0 aromatic heterocycles. The minimum atomic E-state index is -0.423. The molecule has 0 fully saturated rings. The molecule has 4 nitrogen and oxygen atoms in total. The largest absolute Gasteiger partial charge is 0.480 e. The van der Waals surface area contributed by atoms with Crippen LogP contribution in [0.5, 0.6) is 5.75 Å². The van der Waals surface area contributed by atoms with Gasteiger partial charge in [0.2, 0.25) is 0 Å². The molecule has 1 amide bonds. The number of primary amides is 1. The highest BCUT2D eigenvalue weighted by atomic mass is 32.2. The maximum atomic E-state index is 11.3. The summed E-state index contributed by atoms with van der Waals surface area (Å²) in [5.41, 5.74) is 6.36. The van der Waals surface area contributed by atoms with Crippen molar-refractivity contribution in [1.29, 1.82) is 0 Å². The fourth-order valence-corrected chi connectivity index (χ4v) is 3.68. The molecule has 0 aliphatic carbocycles. The van der Waals surface area contributed by atoms with Gasteiger partial charge in [0, 0.05) is 6.54 Å². The Morgan fingerprint density at radius 1 is 1.33 bits per heavy atom. The molecule has 1 aromatic rings. The number of carbonyl (C=O) groups is 1. The Labute approximate surface area is 168 Å². The summed E-state index contributed by atoms with van der Waals surface area (Å²) in [5, 5.41) is 3.52. The summed E-state index contributed by atoms with van der Waals surface area (Å²) in [4.78, 5) is 11.8. The topological polar surface area (TPSA) is 64.3 Å². The molecule has 0 aliphatic heterocycles. The van der Waals surface area contributed by atoms with E-state index in [4.69, 9.17) is 10.5 Å². The molecule has 0 saturated carbocycles. The van der Waals surface area contributed by atoms with Crippen molar-refractivity contribution < 1.29 is 9.53 Å². The number of thioether (sulfide) groups is 1. The highest BCUT2D eigenvalue weighted by Crippen LogP contribution is 2.24. The highest BCUT2D eigenvalue weighted by molar-refractivity contribution is 8.04. The van der Waals surface area contributed by atoms with Crippen molar-refractivity contribution in [1.82, 2.24) is 5.32 Å². The predicted molar refractivity (Wildman–Crippen MR) is 117 cm³/mol. The minimum Gasteiger partial charge on any atom is -0.480 e. The second-order valence-electron chi connectivity index (χ2n) is 6.61. The SMILES string of the molecule is C=CCC(CCC)CCNCc1ccc(OC(C)S/C(=C\C)C(N)=O)cc1. The van der Waals surface area contributed by atoms with E-state index in [0.717, 1.165) is 31.2 Å². The van der Waals surface area contributed by atoms with Crippen molar-refractivity contribution in [2.75, 3.05) is 6.54 Å². The summed E-state index contributed by atoms with van der Waals surface area (Å²) in [7, 11) is 0. The van der Waals surface area contributed by atoms with Crippen LogP contribution in [0, 0.1) is 5.92 Å². The zero-order valence-electron chi connectivity index (χ0n) is 16.9. The van der Waals surface area contributed by atoms with E-state index in [1.807, 2.05) is 25.1 Å². The number of amides is 1. The van der Waals surface area contributed by atoms with Crippen LogP contribution in [0.4, 0.5) is 0 Å². The first-order valence-corrected chi connectivity index (χ1v) is 10.6. The molecule has 0 spiro atoms. The minimum absolute atomic E-state index is 0.187. The van der Waals surface area contributed by atoms with Crippen LogP contribution in [0.15, 0.2) is 47.9 Å². The van der Waals surface area contributed by atoms with Crippen molar-refractivity contribution >= 4 is 17.7 Å². The van der Waals surface area contributed by atoms with Gasteiger partial charge in [-0.05, 0) is 56.8 Å². The summed E-state index contributed by atoms with van der Waals surface area (Å²) in [6.45, 7) is 11.7. The Bertz CT molecular complexity index is 599. The van der Waals surface area contributed by atoms with Crippen LogP contribution in [0.2, 0.25) is 0 Å². The van der Waals surface area contributed by atoms with Crippen molar-refractivity contribution in [2.45, 2.75) is 58.4 Å². The van der Waals surface area contributed by atoms with E-state index in [1.54, 1.807) is 13.0 Å². The van der Waals surface area contributed by atoms with Crippen molar-refractivity contribution in [3.05, 3.63) is 53.5 Å². The number of hydrogen-bond donors (Lipinski definition) is 2. The maximum Gasteiger partial charge on any atom is 0.254 e. The molecule has 150 valence electrons.